The summed E-state index contributed by atoms with van der Waals surface area (Å²) in [5, 5.41) is 3.61. The first kappa shape index (κ1) is 14.0. The first-order chi connectivity index (χ1) is 7.41. The molecular formula is C11H22N2O2. The van der Waals surface area contributed by atoms with Crippen LogP contribution in [0.3, 0.4) is 0 Å². The van der Waals surface area contributed by atoms with E-state index in [-0.39, 0.29) is 0 Å². The molecule has 1 N–H and O–H groups in total. The Labute approximate surface area is 92.3 Å². The molecule has 88 valence electrons. The van der Waals surface area contributed by atoms with Crippen molar-refractivity contribution in [3.63, 3.8) is 0 Å². The van der Waals surface area contributed by atoms with Crippen LogP contribution in [0.2, 0.25) is 0 Å². The highest BCUT2D eigenvalue weighted by Crippen LogP contribution is 1.93. The minimum atomic E-state index is 0.658. The van der Waals surface area contributed by atoms with Crippen molar-refractivity contribution in [2.75, 3.05) is 13.2 Å². The van der Waals surface area contributed by atoms with Crippen molar-refractivity contribution in [2.24, 2.45) is 5.16 Å². The van der Waals surface area contributed by atoms with Crippen molar-refractivity contribution in [3.8, 4) is 0 Å². The summed E-state index contributed by atoms with van der Waals surface area (Å²) >= 11 is 0. The van der Waals surface area contributed by atoms with Crippen LogP contribution in [0.1, 0.15) is 46.0 Å². The van der Waals surface area contributed by atoms with Gasteiger partial charge in [-0.2, -0.15) is 0 Å². The quantitative estimate of drug-likeness (QED) is 0.345. The topological polar surface area (TPSA) is 42.8 Å². The van der Waals surface area contributed by atoms with Gasteiger partial charge in [0.15, 0.2) is 0 Å². The zero-order chi connectivity index (χ0) is 11.2. The van der Waals surface area contributed by atoms with Gasteiger partial charge < -0.3 is 4.84 Å². The monoisotopic (exact) mass is 214 g/mol. The summed E-state index contributed by atoms with van der Waals surface area (Å²) in [5.74, 6) is 2.58. The standard InChI is InChI=1S/C11H22N2O2/c1-3-5-7-11-15-13-9-8-12-14-10-6-4-2/h8,12H,3-7,10-11H2,1-2H3. The molecule has 15 heavy (non-hydrogen) atoms. The van der Waals surface area contributed by atoms with Crippen LogP contribution in [-0.2, 0) is 9.68 Å². The molecular weight excluding hydrogens is 192 g/mol. The Morgan fingerprint density at radius 1 is 1.13 bits per heavy atom. The lowest BCUT2D eigenvalue weighted by Crippen LogP contribution is -2.07. The molecule has 0 unspecified atom stereocenters. The van der Waals surface area contributed by atoms with Crippen molar-refractivity contribution in [1.82, 2.24) is 5.48 Å². The van der Waals surface area contributed by atoms with Crippen LogP contribution in [0.25, 0.3) is 0 Å². The molecule has 0 heterocycles. The SMILES string of the molecule is CCCCCON=C=CNOCCCC. The van der Waals surface area contributed by atoms with E-state index in [0.29, 0.717) is 13.2 Å². The molecule has 0 aromatic heterocycles. The van der Waals surface area contributed by atoms with Gasteiger partial charge in [-0.05, 0) is 18.0 Å². The normalized spacial score (nSPS) is 9.20. The highest BCUT2D eigenvalue weighted by atomic mass is 16.6. The number of rotatable bonds is 10. The molecule has 0 aromatic carbocycles. The Hall–Kier alpha value is -0.990. The van der Waals surface area contributed by atoms with Gasteiger partial charge in [0.05, 0.1) is 12.8 Å². The molecule has 0 amide bonds. The Kier molecular flexibility index (Phi) is 12.2. The summed E-state index contributed by atoms with van der Waals surface area (Å²) in [6.07, 6.45) is 7.08. The molecule has 0 saturated carbocycles. The molecule has 0 saturated heterocycles. The number of unbranched alkanes of at least 4 members (excludes halogenated alkanes) is 3. The van der Waals surface area contributed by atoms with E-state index in [0.717, 1.165) is 19.3 Å². The first-order valence-electron chi connectivity index (χ1n) is 5.68. The lowest BCUT2D eigenvalue weighted by atomic mass is 10.3. The van der Waals surface area contributed by atoms with Gasteiger partial charge in [-0.3, -0.25) is 10.3 Å². The van der Waals surface area contributed by atoms with Crippen LogP contribution in [0.5, 0.6) is 0 Å². The van der Waals surface area contributed by atoms with Crippen LogP contribution >= 0.6 is 0 Å². The second kappa shape index (κ2) is 13.0. The Morgan fingerprint density at radius 3 is 2.67 bits per heavy atom. The minimum Gasteiger partial charge on any atom is -0.389 e. The van der Waals surface area contributed by atoms with E-state index >= 15 is 0 Å². The number of hydrogen-bond donors (Lipinski definition) is 1. The molecule has 4 nitrogen and oxygen atoms in total. The van der Waals surface area contributed by atoms with Crippen molar-refractivity contribution in [2.45, 2.75) is 46.0 Å². The van der Waals surface area contributed by atoms with Gasteiger partial charge >= 0.3 is 0 Å². The lowest BCUT2D eigenvalue weighted by molar-refractivity contribution is 0.0697. The zero-order valence-electron chi connectivity index (χ0n) is 9.79. The van der Waals surface area contributed by atoms with Crippen LogP contribution in [-0.4, -0.2) is 19.1 Å². The predicted molar refractivity (Wildman–Crippen MR) is 61.5 cm³/mol. The highest BCUT2D eigenvalue weighted by molar-refractivity contribution is 5.49. The van der Waals surface area contributed by atoms with Gasteiger partial charge in [0.1, 0.15) is 6.61 Å². The van der Waals surface area contributed by atoms with E-state index in [1.54, 1.807) is 0 Å². The summed E-state index contributed by atoms with van der Waals surface area (Å²) in [4.78, 5) is 9.99. The largest absolute Gasteiger partial charge is 0.389 e. The molecule has 0 aliphatic heterocycles. The fourth-order valence-electron chi connectivity index (χ4n) is 0.869. The molecule has 0 aromatic rings. The maximum Gasteiger partial charge on any atom is 0.117 e. The average Bonchev–Trinajstić information content (AvgIpc) is 2.26. The molecule has 0 rings (SSSR count). The van der Waals surface area contributed by atoms with Gasteiger partial charge in [-0.1, -0.05) is 33.1 Å². The van der Waals surface area contributed by atoms with Crippen molar-refractivity contribution >= 4 is 5.87 Å². The molecule has 0 fully saturated rings. The molecule has 0 bridgehead atoms. The summed E-state index contributed by atoms with van der Waals surface area (Å²) in [6, 6.07) is 0. The molecule has 0 aliphatic rings. The lowest BCUT2D eigenvalue weighted by Gasteiger charge is -1.98. The summed E-state index contributed by atoms with van der Waals surface area (Å²) in [7, 11) is 0. The van der Waals surface area contributed by atoms with Gasteiger partial charge in [-0.15, -0.1) is 0 Å². The van der Waals surface area contributed by atoms with E-state index in [2.05, 4.69) is 30.4 Å². The first-order valence-corrected chi connectivity index (χ1v) is 5.68. The van der Waals surface area contributed by atoms with Crippen molar-refractivity contribution < 1.29 is 9.68 Å². The van der Waals surface area contributed by atoms with Gasteiger partial charge in [0.25, 0.3) is 0 Å². The summed E-state index contributed by atoms with van der Waals surface area (Å²) < 4.78 is 0. The summed E-state index contributed by atoms with van der Waals surface area (Å²) in [6.45, 7) is 5.63. The fraction of sp³-hybridized carbons (Fsp3) is 0.818. The number of hydroxylamine groups is 1. The van der Waals surface area contributed by atoms with E-state index in [1.807, 2.05) is 0 Å². The Balaban J connectivity index is 3.16. The zero-order valence-corrected chi connectivity index (χ0v) is 9.79. The third-order valence-electron chi connectivity index (χ3n) is 1.76. The van der Waals surface area contributed by atoms with E-state index in [4.69, 9.17) is 9.68 Å². The van der Waals surface area contributed by atoms with E-state index in [1.165, 1.54) is 19.0 Å². The third kappa shape index (κ3) is 13.0. The number of nitrogens with zero attached hydrogens (tertiary/aromatic N) is 1. The second-order valence-electron chi connectivity index (χ2n) is 3.22. The van der Waals surface area contributed by atoms with E-state index in [9.17, 15) is 0 Å². The Morgan fingerprint density at radius 2 is 1.93 bits per heavy atom. The third-order valence-corrected chi connectivity index (χ3v) is 1.76. The maximum absolute atomic E-state index is 5.04. The average molecular weight is 214 g/mol. The van der Waals surface area contributed by atoms with Crippen molar-refractivity contribution in [1.29, 1.82) is 0 Å². The van der Waals surface area contributed by atoms with Crippen LogP contribution < -0.4 is 5.48 Å². The van der Waals surface area contributed by atoms with Gasteiger partial charge in [0.2, 0.25) is 0 Å². The van der Waals surface area contributed by atoms with Gasteiger partial charge in [0, 0.05) is 5.87 Å². The number of nitrogens with one attached hydrogen (secondary N) is 1. The van der Waals surface area contributed by atoms with E-state index < -0.39 is 0 Å². The molecule has 0 radical (unpaired) electrons. The maximum atomic E-state index is 5.04. The number of hydrogen-bond acceptors (Lipinski definition) is 4. The molecule has 0 atom stereocenters. The minimum absolute atomic E-state index is 0.658. The van der Waals surface area contributed by atoms with Crippen LogP contribution in [0, 0.1) is 0 Å². The van der Waals surface area contributed by atoms with Crippen molar-refractivity contribution in [3.05, 3.63) is 6.20 Å². The fourth-order valence-corrected chi connectivity index (χ4v) is 0.869. The molecule has 4 heteroatoms. The molecule has 0 spiro atoms. The molecule has 0 aliphatic carbocycles. The van der Waals surface area contributed by atoms with Crippen LogP contribution in [0.4, 0.5) is 0 Å². The predicted octanol–water partition coefficient (Wildman–Crippen LogP) is 2.61. The Bertz CT molecular complexity index is 161. The second-order valence-corrected chi connectivity index (χ2v) is 3.22. The summed E-state index contributed by atoms with van der Waals surface area (Å²) in [5.41, 5.74) is 2.61. The highest BCUT2D eigenvalue weighted by Gasteiger charge is 1.83. The van der Waals surface area contributed by atoms with Gasteiger partial charge in [-0.25, -0.2) is 0 Å². The van der Waals surface area contributed by atoms with Crippen LogP contribution in [0.15, 0.2) is 11.4 Å². The smallest absolute Gasteiger partial charge is 0.117 e.